The quantitative estimate of drug-likeness (QED) is 0.757. The van der Waals surface area contributed by atoms with E-state index in [-0.39, 0.29) is 0 Å². The molecular weight excluding hydrogens is 294 g/mol. The van der Waals surface area contributed by atoms with Crippen LogP contribution >= 0.6 is 11.3 Å². The molecule has 0 radical (unpaired) electrons. The number of aromatic nitrogens is 4. The minimum absolute atomic E-state index is 0.666. The Labute approximate surface area is 134 Å². The molecule has 3 aromatic rings. The van der Waals surface area contributed by atoms with Crippen LogP contribution in [0.2, 0.25) is 0 Å². The second-order valence-corrected chi connectivity index (χ2v) is 6.06. The maximum Gasteiger partial charge on any atom is 0.113 e. The van der Waals surface area contributed by atoms with Gasteiger partial charge < -0.3 is 5.32 Å². The molecule has 1 aromatic carbocycles. The van der Waals surface area contributed by atoms with Crippen molar-refractivity contribution in [2.75, 3.05) is 12.4 Å². The summed E-state index contributed by atoms with van der Waals surface area (Å²) in [7, 11) is 1.91. The number of nitrogens with one attached hydrogen (secondary N) is 1. The van der Waals surface area contributed by atoms with E-state index in [4.69, 9.17) is 0 Å². The van der Waals surface area contributed by atoms with E-state index < -0.39 is 0 Å². The van der Waals surface area contributed by atoms with Crippen LogP contribution in [0.5, 0.6) is 0 Å². The van der Waals surface area contributed by atoms with Gasteiger partial charge in [0, 0.05) is 23.7 Å². The first-order valence-electron chi connectivity index (χ1n) is 7.40. The average molecular weight is 313 g/mol. The van der Waals surface area contributed by atoms with Gasteiger partial charge in [0.25, 0.3) is 0 Å². The third-order valence-electron chi connectivity index (χ3n) is 3.37. The number of hydrogen-bond acceptors (Lipinski definition) is 5. The Bertz CT molecular complexity index is 746. The van der Waals surface area contributed by atoms with Gasteiger partial charge in [-0.25, -0.2) is 9.67 Å². The first-order chi connectivity index (χ1) is 10.8. The molecule has 6 heteroatoms. The summed E-state index contributed by atoms with van der Waals surface area (Å²) in [6, 6.07) is 8.14. The van der Waals surface area contributed by atoms with Crippen LogP contribution in [0.4, 0.5) is 5.69 Å². The van der Waals surface area contributed by atoms with Crippen molar-refractivity contribution in [3.63, 3.8) is 0 Å². The standard InChI is InChI=1S/C16H19N5S/c1-3-5-16-18-14(11-22-16)9-21-10-15(19-20-21)12-6-4-7-13(8-12)17-2/h4,6-8,10-11,17H,3,5,9H2,1-2H3. The number of anilines is 1. The lowest BCUT2D eigenvalue weighted by Crippen LogP contribution is -2.00. The number of rotatable bonds is 6. The summed E-state index contributed by atoms with van der Waals surface area (Å²) in [5.74, 6) is 0. The molecule has 3 rings (SSSR count). The van der Waals surface area contributed by atoms with Gasteiger partial charge in [0.05, 0.1) is 23.4 Å². The molecule has 0 aliphatic heterocycles. The van der Waals surface area contributed by atoms with E-state index in [0.29, 0.717) is 6.54 Å². The molecule has 0 bridgehead atoms. The van der Waals surface area contributed by atoms with Crippen LogP contribution in [0.1, 0.15) is 24.0 Å². The van der Waals surface area contributed by atoms with Crippen molar-refractivity contribution in [1.82, 2.24) is 20.0 Å². The van der Waals surface area contributed by atoms with Crippen molar-refractivity contribution >= 4 is 17.0 Å². The summed E-state index contributed by atoms with van der Waals surface area (Å²) in [4.78, 5) is 4.62. The summed E-state index contributed by atoms with van der Waals surface area (Å²) in [5, 5.41) is 14.9. The van der Waals surface area contributed by atoms with Crippen LogP contribution in [-0.4, -0.2) is 27.0 Å². The van der Waals surface area contributed by atoms with Gasteiger partial charge in [-0.15, -0.1) is 16.4 Å². The number of hydrogen-bond donors (Lipinski definition) is 1. The summed E-state index contributed by atoms with van der Waals surface area (Å²) >= 11 is 1.72. The smallest absolute Gasteiger partial charge is 0.113 e. The van der Waals surface area contributed by atoms with Crippen LogP contribution in [0.25, 0.3) is 11.3 Å². The van der Waals surface area contributed by atoms with E-state index in [1.807, 2.05) is 36.1 Å². The first-order valence-corrected chi connectivity index (χ1v) is 8.28. The zero-order valence-corrected chi connectivity index (χ0v) is 13.6. The summed E-state index contributed by atoms with van der Waals surface area (Å²) in [5.41, 5.74) is 4.05. The van der Waals surface area contributed by atoms with Crippen LogP contribution in [-0.2, 0) is 13.0 Å². The van der Waals surface area contributed by atoms with Crippen LogP contribution < -0.4 is 5.32 Å². The molecule has 0 spiro atoms. The van der Waals surface area contributed by atoms with E-state index in [1.54, 1.807) is 11.3 Å². The molecule has 0 aliphatic rings. The summed E-state index contributed by atoms with van der Waals surface area (Å²) in [6.07, 6.45) is 4.14. The Balaban J connectivity index is 1.75. The minimum atomic E-state index is 0.666. The fourth-order valence-electron chi connectivity index (χ4n) is 2.26. The van der Waals surface area contributed by atoms with Gasteiger partial charge in [-0.2, -0.15) is 0 Å². The minimum Gasteiger partial charge on any atom is -0.388 e. The number of thiazole rings is 1. The van der Waals surface area contributed by atoms with Crippen LogP contribution in [0, 0.1) is 0 Å². The van der Waals surface area contributed by atoms with E-state index >= 15 is 0 Å². The van der Waals surface area contributed by atoms with Gasteiger partial charge in [0.1, 0.15) is 5.69 Å². The monoisotopic (exact) mass is 313 g/mol. The van der Waals surface area contributed by atoms with E-state index in [1.165, 1.54) is 5.01 Å². The zero-order valence-electron chi connectivity index (χ0n) is 12.8. The molecule has 114 valence electrons. The molecule has 0 saturated heterocycles. The molecule has 22 heavy (non-hydrogen) atoms. The van der Waals surface area contributed by atoms with Crippen molar-refractivity contribution in [2.45, 2.75) is 26.3 Å². The van der Waals surface area contributed by atoms with Crippen molar-refractivity contribution < 1.29 is 0 Å². The lowest BCUT2D eigenvalue weighted by atomic mass is 10.1. The van der Waals surface area contributed by atoms with Gasteiger partial charge in [-0.05, 0) is 25.0 Å². The highest BCUT2D eigenvalue weighted by atomic mass is 32.1. The molecule has 2 aromatic heterocycles. The third-order valence-corrected chi connectivity index (χ3v) is 4.33. The second-order valence-electron chi connectivity index (χ2n) is 5.11. The second kappa shape index (κ2) is 6.70. The van der Waals surface area contributed by atoms with Crippen LogP contribution in [0.3, 0.4) is 0 Å². The van der Waals surface area contributed by atoms with E-state index in [0.717, 1.165) is 35.5 Å². The molecule has 1 N–H and O–H groups in total. The molecule has 0 fully saturated rings. The Morgan fingerprint density at radius 3 is 3.05 bits per heavy atom. The topological polar surface area (TPSA) is 55.6 Å². The molecule has 0 saturated carbocycles. The molecular formula is C16H19N5S. The van der Waals surface area contributed by atoms with Crippen molar-refractivity contribution in [3.05, 3.63) is 46.5 Å². The van der Waals surface area contributed by atoms with Gasteiger partial charge >= 0.3 is 0 Å². The fourth-order valence-corrected chi connectivity index (χ4v) is 3.15. The van der Waals surface area contributed by atoms with E-state index in [9.17, 15) is 0 Å². The molecule has 0 amide bonds. The zero-order chi connectivity index (χ0) is 15.4. The van der Waals surface area contributed by atoms with Crippen LogP contribution in [0.15, 0.2) is 35.8 Å². The third kappa shape index (κ3) is 3.33. The van der Waals surface area contributed by atoms with Crippen molar-refractivity contribution in [1.29, 1.82) is 0 Å². The van der Waals surface area contributed by atoms with Gasteiger partial charge in [-0.1, -0.05) is 24.3 Å². The normalized spacial score (nSPS) is 10.8. The predicted molar refractivity (Wildman–Crippen MR) is 90.2 cm³/mol. The predicted octanol–water partition coefficient (Wildman–Crippen LogP) is 3.44. The average Bonchev–Trinajstić information content (AvgIpc) is 3.18. The largest absolute Gasteiger partial charge is 0.388 e. The maximum atomic E-state index is 4.62. The van der Waals surface area contributed by atoms with E-state index in [2.05, 4.69) is 39.0 Å². The fraction of sp³-hybridized carbons (Fsp3) is 0.312. The van der Waals surface area contributed by atoms with Gasteiger partial charge in [0.2, 0.25) is 0 Å². The highest BCUT2D eigenvalue weighted by Gasteiger charge is 2.07. The Morgan fingerprint density at radius 1 is 1.32 bits per heavy atom. The number of nitrogens with zero attached hydrogens (tertiary/aromatic N) is 4. The first kappa shape index (κ1) is 14.7. The van der Waals surface area contributed by atoms with Crippen molar-refractivity contribution in [2.24, 2.45) is 0 Å². The molecule has 5 nitrogen and oxygen atoms in total. The number of aryl methyl sites for hydroxylation is 1. The van der Waals surface area contributed by atoms with Gasteiger partial charge in [0.15, 0.2) is 0 Å². The number of benzene rings is 1. The lowest BCUT2D eigenvalue weighted by molar-refractivity contribution is 0.639. The highest BCUT2D eigenvalue weighted by molar-refractivity contribution is 7.09. The molecule has 0 aliphatic carbocycles. The Kier molecular flexibility index (Phi) is 4.48. The summed E-state index contributed by atoms with van der Waals surface area (Å²) < 4.78 is 1.84. The Hall–Kier alpha value is -2.21. The van der Waals surface area contributed by atoms with Gasteiger partial charge in [-0.3, -0.25) is 0 Å². The molecule has 2 heterocycles. The van der Waals surface area contributed by atoms with Crippen molar-refractivity contribution in [3.8, 4) is 11.3 Å². The maximum absolute atomic E-state index is 4.62. The lowest BCUT2D eigenvalue weighted by Gasteiger charge is -2.01. The Morgan fingerprint density at radius 2 is 2.23 bits per heavy atom. The molecule has 0 atom stereocenters. The summed E-state index contributed by atoms with van der Waals surface area (Å²) in [6.45, 7) is 2.84. The highest BCUT2D eigenvalue weighted by Crippen LogP contribution is 2.20. The SMILES string of the molecule is CCCc1nc(Cn2cc(-c3cccc(NC)c3)nn2)cs1. The molecule has 0 unspecified atom stereocenters.